The van der Waals surface area contributed by atoms with E-state index in [1.807, 2.05) is 25.1 Å². The van der Waals surface area contributed by atoms with E-state index < -0.39 is 10.0 Å². The summed E-state index contributed by atoms with van der Waals surface area (Å²) < 4.78 is 33.6. The van der Waals surface area contributed by atoms with Crippen LogP contribution in [0.5, 0.6) is 5.75 Å². The van der Waals surface area contributed by atoms with E-state index in [0.717, 1.165) is 5.56 Å². The van der Waals surface area contributed by atoms with Gasteiger partial charge in [-0.05, 0) is 55.0 Å². The third-order valence-electron chi connectivity index (χ3n) is 4.81. The average Bonchev–Trinajstić information content (AvgIpc) is 3.16. The van der Waals surface area contributed by atoms with Crippen molar-refractivity contribution >= 4 is 15.7 Å². The summed E-state index contributed by atoms with van der Waals surface area (Å²) in [5, 5.41) is 8.97. The zero-order valence-corrected chi connectivity index (χ0v) is 15.8. The first-order valence-electron chi connectivity index (χ1n) is 8.97. The normalized spacial score (nSPS) is 15.2. The number of aliphatic hydroxyl groups excluding tert-OH is 1. The van der Waals surface area contributed by atoms with Crippen molar-refractivity contribution in [3.63, 3.8) is 0 Å². The molecule has 0 saturated heterocycles. The molecular weight excluding hydrogens is 350 g/mol. The molecule has 0 radical (unpaired) electrons. The SMILES string of the molecule is Cc1cccc(NS(=O)(=O)c2ccc(C3CCCC3)cc2)c1OCCO. The number of aryl methyl sites for hydroxylation is 1. The van der Waals surface area contributed by atoms with Crippen molar-refractivity contribution in [2.24, 2.45) is 0 Å². The molecule has 0 aromatic heterocycles. The van der Waals surface area contributed by atoms with E-state index in [4.69, 9.17) is 9.84 Å². The summed E-state index contributed by atoms with van der Waals surface area (Å²) >= 11 is 0. The number of nitrogens with one attached hydrogen (secondary N) is 1. The Bertz CT molecular complexity index is 841. The molecule has 0 aliphatic heterocycles. The molecule has 2 aromatic carbocycles. The van der Waals surface area contributed by atoms with E-state index in [-0.39, 0.29) is 18.1 Å². The first-order valence-corrected chi connectivity index (χ1v) is 10.5. The predicted octanol–water partition coefficient (Wildman–Crippen LogP) is 3.82. The monoisotopic (exact) mass is 375 g/mol. The summed E-state index contributed by atoms with van der Waals surface area (Å²) in [6.45, 7) is 1.81. The Balaban J connectivity index is 1.81. The second kappa shape index (κ2) is 8.10. The molecule has 0 bridgehead atoms. The molecule has 2 N–H and O–H groups in total. The highest BCUT2D eigenvalue weighted by molar-refractivity contribution is 7.92. The first kappa shape index (κ1) is 18.7. The second-order valence-electron chi connectivity index (χ2n) is 6.68. The summed E-state index contributed by atoms with van der Waals surface area (Å²) in [6, 6.07) is 12.4. The molecule has 0 atom stereocenters. The summed E-state index contributed by atoms with van der Waals surface area (Å²) in [4.78, 5) is 0.230. The van der Waals surface area contributed by atoms with Crippen LogP contribution in [0.3, 0.4) is 0 Å². The van der Waals surface area contributed by atoms with Crippen LogP contribution in [0.25, 0.3) is 0 Å². The van der Waals surface area contributed by atoms with E-state index in [1.165, 1.54) is 31.2 Å². The Hall–Kier alpha value is -2.05. The third kappa shape index (κ3) is 4.19. The molecule has 5 nitrogen and oxygen atoms in total. The highest BCUT2D eigenvalue weighted by atomic mass is 32.2. The van der Waals surface area contributed by atoms with Crippen molar-refractivity contribution in [3.05, 3.63) is 53.6 Å². The largest absolute Gasteiger partial charge is 0.489 e. The standard InChI is InChI=1S/C20H25NO4S/c1-15-5-4-8-19(20(15)25-14-13-22)21-26(23,24)18-11-9-17(10-12-18)16-6-2-3-7-16/h4-5,8-12,16,21-22H,2-3,6-7,13-14H2,1H3. The van der Waals surface area contributed by atoms with Crippen molar-refractivity contribution in [2.75, 3.05) is 17.9 Å². The molecule has 0 unspecified atom stereocenters. The van der Waals surface area contributed by atoms with Crippen LogP contribution in [0, 0.1) is 6.92 Å². The first-order chi connectivity index (χ1) is 12.5. The highest BCUT2D eigenvalue weighted by Gasteiger charge is 2.20. The van der Waals surface area contributed by atoms with Crippen molar-refractivity contribution in [2.45, 2.75) is 43.4 Å². The number of ether oxygens (including phenoxy) is 1. The Labute approximate surface area is 155 Å². The van der Waals surface area contributed by atoms with Crippen LogP contribution in [-0.4, -0.2) is 26.7 Å². The van der Waals surface area contributed by atoms with Gasteiger partial charge in [0, 0.05) is 0 Å². The van der Waals surface area contributed by atoms with Gasteiger partial charge in [0.1, 0.15) is 12.4 Å². The Morgan fingerprint density at radius 3 is 2.46 bits per heavy atom. The van der Waals surface area contributed by atoms with E-state index in [1.54, 1.807) is 24.3 Å². The van der Waals surface area contributed by atoms with Crippen molar-refractivity contribution in [1.29, 1.82) is 0 Å². The smallest absolute Gasteiger partial charge is 0.262 e. The maximum absolute atomic E-state index is 12.8. The quantitative estimate of drug-likeness (QED) is 0.771. The van der Waals surface area contributed by atoms with Gasteiger partial charge in [-0.3, -0.25) is 4.72 Å². The van der Waals surface area contributed by atoms with Gasteiger partial charge in [0.05, 0.1) is 17.2 Å². The molecule has 0 heterocycles. The number of para-hydroxylation sites is 1. The molecule has 0 spiro atoms. The third-order valence-corrected chi connectivity index (χ3v) is 6.19. The zero-order valence-electron chi connectivity index (χ0n) is 14.9. The van der Waals surface area contributed by atoms with E-state index >= 15 is 0 Å². The van der Waals surface area contributed by atoms with Crippen LogP contribution in [0.15, 0.2) is 47.4 Å². The lowest BCUT2D eigenvalue weighted by Crippen LogP contribution is -2.15. The predicted molar refractivity (Wildman–Crippen MR) is 102 cm³/mol. The fraction of sp³-hybridized carbons (Fsp3) is 0.400. The van der Waals surface area contributed by atoms with Gasteiger partial charge in [-0.2, -0.15) is 0 Å². The van der Waals surface area contributed by atoms with Gasteiger partial charge in [0.15, 0.2) is 0 Å². The molecule has 1 fully saturated rings. The van der Waals surface area contributed by atoms with Gasteiger partial charge in [0.2, 0.25) is 0 Å². The van der Waals surface area contributed by atoms with E-state index in [0.29, 0.717) is 17.4 Å². The molecule has 26 heavy (non-hydrogen) atoms. The lowest BCUT2D eigenvalue weighted by Gasteiger charge is -2.16. The minimum atomic E-state index is -3.71. The van der Waals surface area contributed by atoms with Gasteiger partial charge in [-0.1, -0.05) is 37.1 Å². The van der Waals surface area contributed by atoms with Crippen LogP contribution in [-0.2, 0) is 10.0 Å². The number of hydrogen-bond acceptors (Lipinski definition) is 4. The Morgan fingerprint density at radius 1 is 1.12 bits per heavy atom. The maximum Gasteiger partial charge on any atom is 0.262 e. The van der Waals surface area contributed by atoms with E-state index in [9.17, 15) is 8.42 Å². The molecule has 140 valence electrons. The maximum atomic E-state index is 12.8. The Kier molecular flexibility index (Phi) is 5.84. The number of hydrogen-bond donors (Lipinski definition) is 2. The highest BCUT2D eigenvalue weighted by Crippen LogP contribution is 2.35. The average molecular weight is 375 g/mol. The molecule has 0 amide bonds. The van der Waals surface area contributed by atoms with Crippen LogP contribution < -0.4 is 9.46 Å². The van der Waals surface area contributed by atoms with Crippen molar-refractivity contribution in [1.82, 2.24) is 0 Å². The van der Waals surface area contributed by atoms with Crippen LogP contribution in [0.2, 0.25) is 0 Å². The minimum absolute atomic E-state index is 0.107. The van der Waals surface area contributed by atoms with E-state index in [2.05, 4.69) is 4.72 Å². The molecule has 1 aliphatic rings. The summed E-state index contributed by atoms with van der Waals surface area (Å²) in [5.41, 5.74) is 2.39. The molecule has 2 aromatic rings. The van der Waals surface area contributed by atoms with Crippen molar-refractivity contribution < 1.29 is 18.3 Å². The summed E-state index contributed by atoms with van der Waals surface area (Å²) in [6.07, 6.45) is 4.85. The lowest BCUT2D eigenvalue weighted by atomic mass is 9.98. The van der Waals surface area contributed by atoms with Gasteiger partial charge in [-0.25, -0.2) is 8.42 Å². The van der Waals surface area contributed by atoms with Gasteiger partial charge >= 0.3 is 0 Å². The summed E-state index contributed by atoms with van der Waals surface area (Å²) in [7, 11) is -3.71. The molecule has 3 rings (SSSR count). The number of sulfonamides is 1. The molecule has 1 saturated carbocycles. The fourth-order valence-corrected chi connectivity index (χ4v) is 4.52. The topological polar surface area (TPSA) is 75.6 Å². The Morgan fingerprint density at radius 2 is 1.81 bits per heavy atom. The number of aliphatic hydroxyl groups is 1. The van der Waals surface area contributed by atoms with Crippen LogP contribution >= 0.6 is 0 Å². The molecule has 1 aliphatic carbocycles. The number of benzene rings is 2. The van der Waals surface area contributed by atoms with Crippen molar-refractivity contribution in [3.8, 4) is 5.75 Å². The lowest BCUT2D eigenvalue weighted by molar-refractivity contribution is 0.201. The summed E-state index contributed by atoms with van der Waals surface area (Å²) in [5.74, 6) is 0.989. The van der Waals surface area contributed by atoms with Gasteiger partial charge < -0.3 is 9.84 Å². The van der Waals surface area contributed by atoms with Crippen LogP contribution in [0.4, 0.5) is 5.69 Å². The van der Waals surface area contributed by atoms with Gasteiger partial charge in [0.25, 0.3) is 10.0 Å². The molecular formula is C20H25NO4S. The minimum Gasteiger partial charge on any atom is -0.489 e. The molecule has 6 heteroatoms. The number of rotatable bonds is 7. The second-order valence-corrected chi connectivity index (χ2v) is 8.36. The number of anilines is 1. The fourth-order valence-electron chi connectivity index (χ4n) is 3.45. The van der Waals surface area contributed by atoms with Crippen LogP contribution in [0.1, 0.15) is 42.7 Å². The zero-order chi connectivity index (χ0) is 18.6. The van der Waals surface area contributed by atoms with Gasteiger partial charge in [-0.15, -0.1) is 0 Å².